The lowest BCUT2D eigenvalue weighted by molar-refractivity contribution is 0.0988. The molecule has 1 heterocycles. The molecule has 0 aliphatic rings. The predicted octanol–water partition coefficient (Wildman–Crippen LogP) is 2.45. The normalized spacial score (nSPS) is 11.0. The molecule has 1 aromatic heterocycles. The van der Waals surface area contributed by atoms with Crippen LogP contribution in [0.5, 0.6) is 0 Å². The minimum absolute atomic E-state index is 0.0808. The Balaban J connectivity index is 2.09. The zero-order valence-electron chi connectivity index (χ0n) is 15.5. The summed E-state index contributed by atoms with van der Waals surface area (Å²) in [7, 11) is 1.53. The van der Waals surface area contributed by atoms with Gasteiger partial charge in [0.1, 0.15) is 0 Å². The van der Waals surface area contributed by atoms with E-state index in [0.717, 1.165) is 5.56 Å². The van der Waals surface area contributed by atoms with Crippen molar-refractivity contribution in [3.8, 4) is 0 Å². The highest BCUT2D eigenvalue weighted by molar-refractivity contribution is 5.95. The van der Waals surface area contributed by atoms with Crippen molar-refractivity contribution in [3.63, 3.8) is 0 Å². The number of para-hydroxylation sites is 1. The van der Waals surface area contributed by atoms with Crippen LogP contribution in [-0.2, 0) is 17.8 Å². The van der Waals surface area contributed by atoms with Crippen molar-refractivity contribution >= 4 is 16.7 Å². The number of methoxy groups -OCH3 is 1. The summed E-state index contributed by atoms with van der Waals surface area (Å²) in [5.74, 6) is 0.0808. The molecule has 6 heteroatoms. The van der Waals surface area contributed by atoms with Gasteiger partial charge in [0.25, 0.3) is 5.56 Å². The van der Waals surface area contributed by atoms with E-state index in [9.17, 15) is 14.4 Å². The number of Topliss-reactive ketones (excluding diaryl/α,β-unsaturated/α-hetero) is 1. The maximum absolute atomic E-state index is 13.0. The van der Waals surface area contributed by atoms with Gasteiger partial charge in [-0.25, -0.2) is 4.79 Å². The number of benzene rings is 2. The van der Waals surface area contributed by atoms with Crippen molar-refractivity contribution in [2.75, 3.05) is 13.7 Å². The molecule has 0 bridgehead atoms. The number of carbonyl (C=O) groups is 1. The van der Waals surface area contributed by atoms with Crippen LogP contribution in [0.15, 0.2) is 58.1 Å². The number of aromatic nitrogens is 2. The van der Waals surface area contributed by atoms with Gasteiger partial charge in [0.05, 0.1) is 30.6 Å². The summed E-state index contributed by atoms with van der Waals surface area (Å²) in [5.41, 5.74) is 1.45. The molecule has 2 aromatic carbocycles. The molecule has 140 valence electrons. The van der Waals surface area contributed by atoms with Crippen molar-refractivity contribution in [1.82, 2.24) is 9.13 Å². The summed E-state index contributed by atoms with van der Waals surface area (Å²) in [6.45, 7) is 2.61. The first-order valence-electron chi connectivity index (χ1n) is 8.90. The number of nitrogens with zero attached hydrogens (tertiary/aromatic N) is 2. The van der Waals surface area contributed by atoms with E-state index in [4.69, 9.17) is 4.74 Å². The fourth-order valence-electron chi connectivity index (χ4n) is 3.09. The van der Waals surface area contributed by atoms with Gasteiger partial charge in [-0.15, -0.1) is 0 Å². The Bertz CT molecular complexity index is 1080. The third kappa shape index (κ3) is 3.75. The number of rotatable bonds is 7. The van der Waals surface area contributed by atoms with Crippen LogP contribution >= 0.6 is 0 Å². The van der Waals surface area contributed by atoms with Crippen LogP contribution in [0.3, 0.4) is 0 Å². The van der Waals surface area contributed by atoms with Gasteiger partial charge in [0.2, 0.25) is 0 Å². The van der Waals surface area contributed by atoms with Gasteiger partial charge in [-0.05, 0) is 17.7 Å². The highest BCUT2D eigenvalue weighted by Gasteiger charge is 2.13. The molecule has 6 nitrogen and oxygen atoms in total. The van der Waals surface area contributed by atoms with Crippen LogP contribution < -0.4 is 11.2 Å². The van der Waals surface area contributed by atoms with Gasteiger partial charge in [0.15, 0.2) is 5.78 Å². The van der Waals surface area contributed by atoms with E-state index in [2.05, 4.69) is 0 Å². The number of ketones is 1. The van der Waals surface area contributed by atoms with Crippen LogP contribution in [-0.4, -0.2) is 28.6 Å². The summed E-state index contributed by atoms with van der Waals surface area (Å²) >= 11 is 0. The molecule has 0 atom stereocenters. The summed E-state index contributed by atoms with van der Waals surface area (Å²) in [6, 6.07) is 14.3. The Labute approximate surface area is 156 Å². The first kappa shape index (κ1) is 18.8. The lowest BCUT2D eigenvalue weighted by Crippen LogP contribution is -2.41. The highest BCUT2D eigenvalue weighted by atomic mass is 16.5. The topological polar surface area (TPSA) is 70.3 Å². The number of carbonyl (C=O) groups excluding carboxylic acids is 1. The zero-order valence-corrected chi connectivity index (χ0v) is 15.5. The molecule has 27 heavy (non-hydrogen) atoms. The average Bonchev–Trinajstić information content (AvgIpc) is 2.71. The second kappa shape index (κ2) is 8.14. The van der Waals surface area contributed by atoms with Gasteiger partial charge in [-0.3, -0.25) is 18.7 Å². The highest BCUT2D eigenvalue weighted by Crippen LogP contribution is 2.12. The van der Waals surface area contributed by atoms with Crippen LogP contribution in [0.1, 0.15) is 29.3 Å². The third-order valence-electron chi connectivity index (χ3n) is 4.59. The Hall–Kier alpha value is -2.99. The van der Waals surface area contributed by atoms with Crippen molar-refractivity contribution < 1.29 is 9.53 Å². The molecule has 0 aliphatic heterocycles. The van der Waals surface area contributed by atoms with Gasteiger partial charge < -0.3 is 4.74 Å². The molecule has 3 aromatic rings. The quantitative estimate of drug-likeness (QED) is 0.602. The molecular formula is C21H22N2O4. The van der Waals surface area contributed by atoms with Crippen molar-refractivity contribution in [3.05, 3.63) is 80.5 Å². The lowest BCUT2D eigenvalue weighted by atomic mass is 10.1. The molecule has 0 saturated heterocycles. The van der Waals surface area contributed by atoms with Gasteiger partial charge in [-0.2, -0.15) is 0 Å². The fraction of sp³-hybridized carbons (Fsp3) is 0.286. The Kier molecular flexibility index (Phi) is 5.66. The lowest BCUT2D eigenvalue weighted by Gasteiger charge is -2.14. The van der Waals surface area contributed by atoms with E-state index in [1.54, 1.807) is 41.0 Å². The number of fused-ring (bicyclic) bond motifs is 1. The van der Waals surface area contributed by atoms with E-state index in [-0.39, 0.29) is 30.2 Å². The first-order chi connectivity index (χ1) is 13.1. The number of ether oxygens (including phenoxy) is 1. The van der Waals surface area contributed by atoms with Crippen molar-refractivity contribution in [2.24, 2.45) is 0 Å². The molecule has 0 fully saturated rings. The zero-order chi connectivity index (χ0) is 19.4. The second-order valence-electron chi connectivity index (χ2n) is 6.31. The van der Waals surface area contributed by atoms with E-state index < -0.39 is 0 Å². The summed E-state index contributed by atoms with van der Waals surface area (Å²) in [4.78, 5) is 37.4. The van der Waals surface area contributed by atoms with E-state index in [1.807, 2.05) is 19.1 Å². The standard InChI is InChI=1S/C21H22N2O4/c1-3-19(24)16-10-8-15(9-11-16)14-23-18-7-5-4-6-17(18)20(25)22(21(23)26)12-13-27-2/h4-11H,3,12-14H2,1-2H3. The molecule has 3 rings (SSSR count). The predicted molar refractivity (Wildman–Crippen MR) is 105 cm³/mol. The molecule has 0 amide bonds. The van der Waals surface area contributed by atoms with Gasteiger partial charge >= 0.3 is 5.69 Å². The monoisotopic (exact) mass is 366 g/mol. The van der Waals surface area contributed by atoms with E-state index >= 15 is 0 Å². The minimum atomic E-state index is -0.371. The Morgan fingerprint density at radius 1 is 1.00 bits per heavy atom. The maximum Gasteiger partial charge on any atom is 0.331 e. The second-order valence-corrected chi connectivity index (χ2v) is 6.31. The summed E-state index contributed by atoms with van der Waals surface area (Å²) in [6.07, 6.45) is 0.452. The van der Waals surface area contributed by atoms with Crippen LogP contribution in [0.4, 0.5) is 0 Å². The molecule has 0 aliphatic carbocycles. The van der Waals surface area contributed by atoms with Crippen molar-refractivity contribution in [2.45, 2.75) is 26.4 Å². The van der Waals surface area contributed by atoms with Crippen LogP contribution in [0.2, 0.25) is 0 Å². The maximum atomic E-state index is 13.0. The molecular weight excluding hydrogens is 344 g/mol. The minimum Gasteiger partial charge on any atom is -0.383 e. The van der Waals surface area contributed by atoms with E-state index in [0.29, 0.717) is 29.4 Å². The van der Waals surface area contributed by atoms with Crippen LogP contribution in [0, 0.1) is 0 Å². The Morgan fingerprint density at radius 2 is 1.70 bits per heavy atom. The largest absolute Gasteiger partial charge is 0.383 e. The van der Waals surface area contributed by atoms with E-state index in [1.165, 1.54) is 11.7 Å². The number of hydrogen-bond acceptors (Lipinski definition) is 4. The van der Waals surface area contributed by atoms with Crippen LogP contribution in [0.25, 0.3) is 10.9 Å². The number of hydrogen-bond donors (Lipinski definition) is 0. The molecule has 0 radical (unpaired) electrons. The third-order valence-corrected chi connectivity index (χ3v) is 4.59. The first-order valence-corrected chi connectivity index (χ1v) is 8.90. The molecule has 0 saturated carbocycles. The summed E-state index contributed by atoms with van der Waals surface area (Å²) in [5, 5.41) is 0.492. The molecule has 0 N–H and O–H groups in total. The Morgan fingerprint density at radius 3 is 2.37 bits per heavy atom. The van der Waals surface area contributed by atoms with Crippen molar-refractivity contribution in [1.29, 1.82) is 0 Å². The average molecular weight is 366 g/mol. The molecule has 0 spiro atoms. The SMILES string of the molecule is CCC(=O)c1ccc(Cn2c(=O)n(CCOC)c(=O)c3ccccc32)cc1. The smallest absolute Gasteiger partial charge is 0.331 e. The summed E-state index contributed by atoms with van der Waals surface area (Å²) < 4.78 is 7.83. The molecule has 0 unspecified atom stereocenters. The van der Waals surface area contributed by atoms with Gasteiger partial charge in [0, 0.05) is 19.1 Å². The fourth-order valence-corrected chi connectivity index (χ4v) is 3.09. The van der Waals surface area contributed by atoms with Gasteiger partial charge in [-0.1, -0.05) is 43.3 Å².